The van der Waals surface area contributed by atoms with E-state index in [-0.39, 0.29) is 11.6 Å². The number of rotatable bonds is 6. The van der Waals surface area contributed by atoms with Crippen LogP contribution in [0.25, 0.3) is 10.9 Å². The molecular formula is C20H26N6O2. The summed E-state index contributed by atoms with van der Waals surface area (Å²) >= 11 is 0. The minimum atomic E-state index is -0.277. The number of aryl methyl sites for hydroxylation is 1. The van der Waals surface area contributed by atoms with Crippen LogP contribution in [-0.2, 0) is 11.3 Å². The van der Waals surface area contributed by atoms with Crippen LogP contribution in [0.4, 0.5) is 0 Å². The molecule has 1 saturated heterocycles. The summed E-state index contributed by atoms with van der Waals surface area (Å²) in [6, 6.07) is 7.77. The molecule has 1 fully saturated rings. The molecule has 0 spiro atoms. The predicted molar refractivity (Wildman–Crippen MR) is 106 cm³/mol. The van der Waals surface area contributed by atoms with E-state index in [4.69, 9.17) is 4.74 Å². The number of nitrogens with one attached hydrogen (secondary N) is 1. The van der Waals surface area contributed by atoms with E-state index >= 15 is 0 Å². The number of fused-ring (bicyclic) bond motifs is 1. The SMILES string of the molecule is COCCn1nnnc1[C@@H](c1cc2cccc(C)c2[nH]c1=O)N1CCCCC1. The Kier molecular flexibility index (Phi) is 5.50. The molecule has 28 heavy (non-hydrogen) atoms. The molecule has 1 aliphatic rings. The first kappa shape index (κ1) is 18.8. The lowest BCUT2D eigenvalue weighted by Crippen LogP contribution is -2.38. The highest BCUT2D eigenvalue weighted by Gasteiger charge is 2.31. The van der Waals surface area contributed by atoms with Gasteiger partial charge in [-0.3, -0.25) is 9.69 Å². The number of tetrazole rings is 1. The quantitative estimate of drug-likeness (QED) is 0.702. The molecule has 0 aliphatic carbocycles. The van der Waals surface area contributed by atoms with Crippen molar-refractivity contribution in [3.05, 3.63) is 51.6 Å². The fourth-order valence-electron chi connectivity index (χ4n) is 4.02. The molecule has 1 aliphatic heterocycles. The van der Waals surface area contributed by atoms with E-state index in [9.17, 15) is 4.79 Å². The van der Waals surface area contributed by atoms with Crippen LogP contribution in [0.3, 0.4) is 0 Å². The van der Waals surface area contributed by atoms with Crippen molar-refractivity contribution >= 4 is 10.9 Å². The molecule has 0 amide bonds. The minimum Gasteiger partial charge on any atom is -0.383 e. The van der Waals surface area contributed by atoms with Crippen LogP contribution in [-0.4, -0.2) is 56.9 Å². The first-order valence-electron chi connectivity index (χ1n) is 9.80. The summed E-state index contributed by atoms with van der Waals surface area (Å²) < 4.78 is 6.95. The van der Waals surface area contributed by atoms with Gasteiger partial charge in [0.1, 0.15) is 6.04 Å². The lowest BCUT2D eigenvalue weighted by molar-refractivity contribution is 0.163. The maximum Gasteiger partial charge on any atom is 0.253 e. The summed E-state index contributed by atoms with van der Waals surface area (Å²) in [6.45, 7) is 4.91. The number of aromatic nitrogens is 5. The molecule has 0 saturated carbocycles. The lowest BCUT2D eigenvalue weighted by atomic mass is 10.00. The number of pyridine rings is 1. The fourth-order valence-corrected chi connectivity index (χ4v) is 4.02. The zero-order chi connectivity index (χ0) is 19.5. The Morgan fingerprint density at radius 3 is 2.86 bits per heavy atom. The highest BCUT2D eigenvalue weighted by atomic mass is 16.5. The molecule has 8 nitrogen and oxygen atoms in total. The summed E-state index contributed by atoms with van der Waals surface area (Å²) in [6.07, 6.45) is 3.44. The summed E-state index contributed by atoms with van der Waals surface area (Å²) in [4.78, 5) is 18.5. The van der Waals surface area contributed by atoms with Crippen molar-refractivity contribution in [1.82, 2.24) is 30.1 Å². The van der Waals surface area contributed by atoms with E-state index in [1.54, 1.807) is 11.8 Å². The van der Waals surface area contributed by atoms with Crippen molar-refractivity contribution in [1.29, 1.82) is 0 Å². The van der Waals surface area contributed by atoms with E-state index < -0.39 is 0 Å². The molecule has 1 N–H and O–H groups in total. The van der Waals surface area contributed by atoms with Crippen LogP contribution in [0.15, 0.2) is 29.1 Å². The highest BCUT2D eigenvalue weighted by Crippen LogP contribution is 2.29. The molecule has 1 atom stereocenters. The zero-order valence-electron chi connectivity index (χ0n) is 16.4. The van der Waals surface area contributed by atoms with Crippen LogP contribution in [0.1, 0.15) is 42.3 Å². The van der Waals surface area contributed by atoms with E-state index in [1.807, 2.05) is 31.2 Å². The van der Waals surface area contributed by atoms with Gasteiger partial charge in [-0.2, -0.15) is 0 Å². The molecular weight excluding hydrogens is 356 g/mol. The van der Waals surface area contributed by atoms with Gasteiger partial charge >= 0.3 is 0 Å². The van der Waals surface area contributed by atoms with Crippen LogP contribution < -0.4 is 5.56 Å². The average molecular weight is 382 g/mol. The van der Waals surface area contributed by atoms with E-state index in [2.05, 4.69) is 25.4 Å². The van der Waals surface area contributed by atoms with Crippen LogP contribution in [0.2, 0.25) is 0 Å². The van der Waals surface area contributed by atoms with Crippen molar-refractivity contribution in [2.24, 2.45) is 0 Å². The zero-order valence-corrected chi connectivity index (χ0v) is 16.4. The molecule has 0 radical (unpaired) electrons. The number of piperidine rings is 1. The van der Waals surface area contributed by atoms with Gasteiger partial charge in [0.15, 0.2) is 5.82 Å². The van der Waals surface area contributed by atoms with E-state index in [1.165, 1.54) is 6.42 Å². The smallest absolute Gasteiger partial charge is 0.253 e. The molecule has 3 aromatic rings. The average Bonchev–Trinajstić information content (AvgIpc) is 3.17. The molecule has 0 bridgehead atoms. The van der Waals surface area contributed by atoms with Gasteiger partial charge in [0.05, 0.1) is 18.7 Å². The van der Waals surface area contributed by atoms with Gasteiger partial charge in [-0.1, -0.05) is 24.6 Å². The fraction of sp³-hybridized carbons (Fsp3) is 0.500. The Morgan fingerprint density at radius 2 is 2.07 bits per heavy atom. The molecule has 4 rings (SSSR count). The van der Waals surface area contributed by atoms with Crippen molar-refractivity contribution in [3.63, 3.8) is 0 Å². The number of hydrogen-bond donors (Lipinski definition) is 1. The van der Waals surface area contributed by atoms with Crippen molar-refractivity contribution in [2.75, 3.05) is 26.8 Å². The van der Waals surface area contributed by atoms with Crippen LogP contribution >= 0.6 is 0 Å². The van der Waals surface area contributed by atoms with E-state index in [0.717, 1.165) is 42.4 Å². The first-order valence-corrected chi connectivity index (χ1v) is 9.80. The summed E-state index contributed by atoms with van der Waals surface area (Å²) in [5.41, 5.74) is 2.54. The number of aromatic amines is 1. The number of para-hydroxylation sites is 1. The minimum absolute atomic E-state index is 0.0846. The monoisotopic (exact) mass is 382 g/mol. The number of benzene rings is 1. The van der Waals surface area contributed by atoms with Crippen molar-refractivity contribution in [3.8, 4) is 0 Å². The number of hydrogen-bond acceptors (Lipinski definition) is 6. The normalized spacial score (nSPS) is 16.5. The maximum absolute atomic E-state index is 13.1. The molecule has 148 valence electrons. The third-order valence-electron chi connectivity index (χ3n) is 5.48. The number of methoxy groups -OCH3 is 1. The van der Waals surface area contributed by atoms with Gasteiger partial charge in [-0.25, -0.2) is 4.68 Å². The predicted octanol–water partition coefficient (Wildman–Crippen LogP) is 2.04. The third-order valence-corrected chi connectivity index (χ3v) is 5.48. The summed E-state index contributed by atoms with van der Waals surface area (Å²) in [7, 11) is 1.66. The van der Waals surface area contributed by atoms with Crippen LogP contribution in [0, 0.1) is 6.92 Å². The molecule has 2 aromatic heterocycles. The second-order valence-corrected chi connectivity index (χ2v) is 7.35. The Bertz CT molecular complexity index is 1010. The number of likely N-dealkylation sites (tertiary alicyclic amines) is 1. The third kappa shape index (κ3) is 3.57. The Labute approximate surface area is 163 Å². The molecule has 0 unspecified atom stereocenters. The van der Waals surface area contributed by atoms with Crippen molar-refractivity contribution in [2.45, 2.75) is 38.8 Å². The Hall–Kier alpha value is -2.58. The highest BCUT2D eigenvalue weighted by molar-refractivity contribution is 5.82. The first-order chi connectivity index (χ1) is 13.7. The second-order valence-electron chi connectivity index (χ2n) is 7.35. The Balaban J connectivity index is 1.84. The van der Waals surface area contributed by atoms with Gasteiger partial charge in [0.25, 0.3) is 5.56 Å². The van der Waals surface area contributed by atoms with Crippen molar-refractivity contribution < 1.29 is 4.74 Å². The number of ether oxygens (including phenoxy) is 1. The second kappa shape index (κ2) is 8.20. The molecule has 8 heteroatoms. The molecule has 1 aromatic carbocycles. The van der Waals surface area contributed by atoms with Gasteiger partial charge in [0.2, 0.25) is 0 Å². The molecule has 3 heterocycles. The van der Waals surface area contributed by atoms with Gasteiger partial charge in [-0.05, 0) is 60.3 Å². The largest absolute Gasteiger partial charge is 0.383 e. The van der Waals surface area contributed by atoms with Gasteiger partial charge in [0, 0.05) is 12.7 Å². The lowest BCUT2D eigenvalue weighted by Gasteiger charge is -2.33. The van der Waals surface area contributed by atoms with Gasteiger partial charge in [-0.15, -0.1) is 5.10 Å². The number of H-pyrrole nitrogens is 1. The van der Waals surface area contributed by atoms with Crippen LogP contribution in [0.5, 0.6) is 0 Å². The Morgan fingerprint density at radius 1 is 1.25 bits per heavy atom. The number of nitrogens with zero attached hydrogens (tertiary/aromatic N) is 5. The van der Waals surface area contributed by atoms with Gasteiger partial charge < -0.3 is 9.72 Å². The van der Waals surface area contributed by atoms with E-state index in [0.29, 0.717) is 24.5 Å². The summed E-state index contributed by atoms with van der Waals surface area (Å²) in [5.74, 6) is 0.691. The topological polar surface area (TPSA) is 88.9 Å². The maximum atomic E-state index is 13.1. The standard InChI is InChI=1S/C20H26N6O2/c1-14-7-6-8-15-13-16(20(27)21-17(14)15)18(25-9-4-3-5-10-25)19-22-23-24-26(19)11-12-28-2/h6-8,13,18H,3-5,9-12H2,1-2H3,(H,21,27)/t18-/m1/s1. The summed E-state index contributed by atoms with van der Waals surface area (Å²) in [5, 5.41) is 13.4.